The van der Waals surface area contributed by atoms with E-state index in [9.17, 15) is 4.79 Å². The summed E-state index contributed by atoms with van der Waals surface area (Å²) < 4.78 is 5.13. The van der Waals surface area contributed by atoms with Gasteiger partial charge in [0, 0.05) is 13.7 Å². The maximum atomic E-state index is 12.1. The SMILES string of the molecule is COCc1ccccc1CNC(=O)c1cc(N)cnc1Cl. The molecule has 0 aliphatic rings. The van der Waals surface area contributed by atoms with E-state index in [4.69, 9.17) is 22.1 Å². The van der Waals surface area contributed by atoms with Crippen molar-refractivity contribution >= 4 is 23.2 Å². The van der Waals surface area contributed by atoms with Gasteiger partial charge < -0.3 is 15.8 Å². The zero-order valence-electron chi connectivity index (χ0n) is 11.6. The smallest absolute Gasteiger partial charge is 0.254 e. The maximum absolute atomic E-state index is 12.1. The molecule has 0 radical (unpaired) electrons. The summed E-state index contributed by atoms with van der Waals surface area (Å²) in [6.45, 7) is 0.871. The number of nitrogens with two attached hydrogens (primary N) is 1. The number of nitrogens with zero attached hydrogens (tertiary/aromatic N) is 1. The number of anilines is 1. The molecular weight excluding hydrogens is 290 g/mol. The van der Waals surface area contributed by atoms with Gasteiger partial charge in [-0.15, -0.1) is 0 Å². The molecule has 0 unspecified atom stereocenters. The van der Waals surface area contributed by atoms with Crippen molar-refractivity contribution < 1.29 is 9.53 Å². The Kier molecular flexibility index (Phi) is 5.14. The highest BCUT2D eigenvalue weighted by molar-refractivity contribution is 6.32. The number of amides is 1. The van der Waals surface area contributed by atoms with Crippen molar-refractivity contribution in [2.75, 3.05) is 12.8 Å². The van der Waals surface area contributed by atoms with Crippen molar-refractivity contribution in [1.29, 1.82) is 0 Å². The molecule has 0 saturated carbocycles. The Labute approximate surface area is 128 Å². The fourth-order valence-corrected chi connectivity index (χ4v) is 2.11. The lowest BCUT2D eigenvalue weighted by Crippen LogP contribution is -2.24. The lowest BCUT2D eigenvalue weighted by atomic mass is 10.1. The van der Waals surface area contributed by atoms with Crippen LogP contribution in [-0.4, -0.2) is 18.0 Å². The molecule has 1 aromatic carbocycles. The van der Waals surface area contributed by atoms with E-state index < -0.39 is 0 Å². The molecule has 6 heteroatoms. The van der Waals surface area contributed by atoms with Gasteiger partial charge in [0.25, 0.3) is 5.91 Å². The van der Waals surface area contributed by atoms with Gasteiger partial charge in [0.1, 0.15) is 5.15 Å². The zero-order valence-corrected chi connectivity index (χ0v) is 12.4. The van der Waals surface area contributed by atoms with Crippen LogP contribution in [0, 0.1) is 0 Å². The first-order chi connectivity index (χ1) is 10.1. The number of nitrogen functional groups attached to an aromatic ring is 1. The predicted molar refractivity (Wildman–Crippen MR) is 82.0 cm³/mol. The summed E-state index contributed by atoms with van der Waals surface area (Å²) in [6.07, 6.45) is 1.41. The summed E-state index contributed by atoms with van der Waals surface area (Å²) in [5.74, 6) is -0.313. The molecule has 5 nitrogen and oxygen atoms in total. The minimum atomic E-state index is -0.313. The summed E-state index contributed by atoms with van der Waals surface area (Å²) in [4.78, 5) is 16.0. The van der Waals surface area contributed by atoms with Crippen molar-refractivity contribution in [3.8, 4) is 0 Å². The van der Waals surface area contributed by atoms with Gasteiger partial charge in [0.15, 0.2) is 0 Å². The third-order valence-electron chi connectivity index (χ3n) is 2.96. The number of carbonyl (C=O) groups is 1. The third kappa shape index (κ3) is 3.93. The first-order valence-corrected chi connectivity index (χ1v) is 6.74. The number of rotatable bonds is 5. The van der Waals surface area contributed by atoms with E-state index in [1.807, 2.05) is 24.3 Å². The van der Waals surface area contributed by atoms with Crippen LogP contribution in [0.15, 0.2) is 36.5 Å². The van der Waals surface area contributed by atoms with Crippen LogP contribution < -0.4 is 11.1 Å². The van der Waals surface area contributed by atoms with Crippen LogP contribution in [0.1, 0.15) is 21.5 Å². The summed E-state index contributed by atoms with van der Waals surface area (Å²) in [6, 6.07) is 9.24. The Morgan fingerprint density at radius 1 is 1.38 bits per heavy atom. The molecule has 2 rings (SSSR count). The van der Waals surface area contributed by atoms with Crippen molar-refractivity contribution in [3.63, 3.8) is 0 Å². The monoisotopic (exact) mass is 305 g/mol. The number of halogens is 1. The highest BCUT2D eigenvalue weighted by Gasteiger charge is 2.12. The minimum Gasteiger partial charge on any atom is -0.397 e. The molecule has 2 aromatic rings. The van der Waals surface area contributed by atoms with Gasteiger partial charge in [-0.3, -0.25) is 4.79 Å². The maximum Gasteiger partial charge on any atom is 0.254 e. The molecule has 21 heavy (non-hydrogen) atoms. The number of ether oxygens (including phenoxy) is 1. The average Bonchev–Trinajstić information content (AvgIpc) is 2.49. The number of hydrogen-bond acceptors (Lipinski definition) is 4. The molecule has 0 bridgehead atoms. The first-order valence-electron chi connectivity index (χ1n) is 6.36. The van der Waals surface area contributed by atoms with Crippen LogP contribution in [0.25, 0.3) is 0 Å². The summed E-state index contributed by atoms with van der Waals surface area (Å²) in [5, 5.41) is 2.94. The lowest BCUT2D eigenvalue weighted by molar-refractivity contribution is 0.0950. The van der Waals surface area contributed by atoms with E-state index in [0.29, 0.717) is 18.8 Å². The van der Waals surface area contributed by atoms with Gasteiger partial charge in [-0.25, -0.2) is 4.98 Å². The number of hydrogen-bond donors (Lipinski definition) is 2. The lowest BCUT2D eigenvalue weighted by Gasteiger charge is -2.10. The van der Waals surface area contributed by atoms with Gasteiger partial charge >= 0.3 is 0 Å². The van der Waals surface area contributed by atoms with Gasteiger partial charge in [0.2, 0.25) is 0 Å². The first kappa shape index (κ1) is 15.3. The highest BCUT2D eigenvalue weighted by Crippen LogP contribution is 2.16. The Morgan fingerprint density at radius 3 is 2.81 bits per heavy atom. The molecular formula is C15H16ClN3O2. The van der Waals surface area contributed by atoms with Gasteiger partial charge in [-0.1, -0.05) is 35.9 Å². The highest BCUT2D eigenvalue weighted by atomic mass is 35.5. The second-order valence-corrected chi connectivity index (χ2v) is 4.85. The van der Waals surface area contributed by atoms with Crippen LogP contribution in [0.5, 0.6) is 0 Å². The fourth-order valence-electron chi connectivity index (χ4n) is 1.92. The van der Waals surface area contributed by atoms with Gasteiger partial charge in [-0.05, 0) is 17.2 Å². The normalized spacial score (nSPS) is 10.4. The zero-order chi connectivity index (χ0) is 15.2. The van der Waals surface area contributed by atoms with Gasteiger partial charge in [0.05, 0.1) is 24.1 Å². The summed E-state index contributed by atoms with van der Waals surface area (Å²) >= 11 is 5.91. The predicted octanol–water partition coefficient (Wildman–Crippen LogP) is 2.39. The van der Waals surface area contributed by atoms with Crippen molar-refractivity contribution in [2.45, 2.75) is 13.2 Å². The molecule has 110 valence electrons. The quantitative estimate of drug-likeness (QED) is 0.832. The van der Waals surface area contributed by atoms with E-state index in [2.05, 4.69) is 10.3 Å². The molecule has 0 atom stereocenters. The summed E-state index contributed by atoms with van der Waals surface area (Å²) in [5.41, 5.74) is 8.29. The standard InChI is InChI=1S/C15H16ClN3O2/c1-21-9-11-5-3-2-4-10(11)7-19-15(20)13-6-12(17)8-18-14(13)16/h2-6,8H,7,9,17H2,1H3,(H,19,20). The van der Waals surface area contributed by atoms with Crippen LogP contribution in [-0.2, 0) is 17.9 Å². The molecule has 0 aliphatic heterocycles. The van der Waals surface area contributed by atoms with Crippen LogP contribution in [0.2, 0.25) is 5.15 Å². The number of aromatic nitrogens is 1. The van der Waals surface area contributed by atoms with E-state index in [1.54, 1.807) is 7.11 Å². The average molecular weight is 306 g/mol. The van der Waals surface area contributed by atoms with Gasteiger partial charge in [-0.2, -0.15) is 0 Å². The van der Waals surface area contributed by atoms with Crippen molar-refractivity contribution in [3.05, 3.63) is 58.4 Å². The van der Waals surface area contributed by atoms with E-state index in [0.717, 1.165) is 11.1 Å². The van der Waals surface area contributed by atoms with Crippen LogP contribution in [0.4, 0.5) is 5.69 Å². The Morgan fingerprint density at radius 2 is 2.10 bits per heavy atom. The largest absolute Gasteiger partial charge is 0.397 e. The van der Waals surface area contributed by atoms with E-state index in [-0.39, 0.29) is 16.6 Å². The number of nitrogens with one attached hydrogen (secondary N) is 1. The molecule has 0 fully saturated rings. The Hall–Kier alpha value is -2.11. The Balaban J connectivity index is 2.09. The fraction of sp³-hybridized carbons (Fsp3) is 0.200. The topological polar surface area (TPSA) is 77.2 Å². The summed E-state index contributed by atoms with van der Waals surface area (Å²) in [7, 11) is 1.63. The van der Waals surface area contributed by atoms with Crippen LogP contribution >= 0.6 is 11.6 Å². The van der Waals surface area contributed by atoms with Crippen molar-refractivity contribution in [2.24, 2.45) is 0 Å². The molecule has 1 heterocycles. The Bertz CT molecular complexity index is 647. The molecule has 0 spiro atoms. The van der Waals surface area contributed by atoms with Crippen LogP contribution in [0.3, 0.4) is 0 Å². The number of pyridine rings is 1. The van der Waals surface area contributed by atoms with Crippen molar-refractivity contribution in [1.82, 2.24) is 10.3 Å². The molecule has 3 N–H and O–H groups in total. The van der Waals surface area contributed by atoms with E-state index >= 15 is 0 Å². The third-order valence-corrected chi connectivity index (χ3v) is 3.26. The molecule has 0 aliphatic carbocycles. The molecule has 1 aromatic heterocycles. The molecule has 1 amide bonds. The molecule has 0 saturated heterocycles. The second-order valence-electron chi connectivity index (χ2n) is 4.49. The minimum absolute atomic E-state index is 0.131. The second kappa shape index (κ2) is 7.06. The van der Waals surface area contributed by atoms with E-state index in [1.165, 1.54) is 12.3 Å². The number of carbonyl (C=O) groups excluding carboxylic acids is 1. The number of benzene rings is 1. The number of methoxy groups -OCH3 is 1.